The molecule has 1 amide bonds. The number of halogens is 4. The zero-order valence-corrected chi connectivity index (χ0v) is 16.6. The molecule has 0 spiro atoms. The third kappa shape index (κ3) is 5.98. The van der Waals surface area contributed by atoms with E-state index in [9.17, 15) is 18.8 Å². The minimum Gasteiger partial charge on any atom is -0.493 e. The monoisotopic (exact) mass is 442 g/mol. The van der Waals surface area contributed by atoms with Crippen LogP contribution in [-0.2, 0) is 4.79 Å². The van der Waals surface area contributed by atoms with Crippen molar-refractivity contribution in [3.05, 3.63) is 51.5 Å². The lowest BCUT2D eigenvalue weighted by Crippen LogP contribution is -2.13. The van der Waals surface area contributed by atoms with Crippen LogP contribution >= 0.6 is 23.2 Å². The fourth-order valence-electron chi connectivity index (χ4n) is 2.33. The van der Waals surface area contributed by atoms with Gasteiger partial charge in [-0.05, 0) is 42.0 Å². The van der Waals surface area contributed by atoms with Gasteiger partial charge in [0.15, 0.2) is 11.5 Å². The summed E-state index contributed by atoms with van der Waals surface area (Å²) in [6.45, 7) is -3.09. The van der Waals surface area contributed by atoms with Crippen molar-refractivity contribution in [2.75, 3.05) is 19.5 Å². The van der Waals surface area contributed by atoms with Crippen LogP contribution in [0.1, 0.15) is 5.56 Å². The van der Waals surface area contributed by atoms with Gasteiger partial charge >= 0.3 is 6.61 Å². The number of nitrogens with zero attached hydrogens (tertiary/aromatic N) is 1. The minimum atomic E-state index is -3.09. The highest BCUT2D eigenvalue weighted by Gasteiger charge is 2.19. The highest BCUT2D eigenvalue weighted by molar-refractivity contribution is 6.35. The lowest BCUT2D eigenvalue weighted by atomic mass is 10.1. The van der Waals surface area contributed by atoms with Crippen LogP contribution in [0.3, 0.4) is 0 Å². The second kappa shape index (κ2) is 9.96. The standard InChI is InChI=1S/C19H14Cl2F2N2O4/c1-27-15-4-10(5-16(28-2)17(15)29-19(22)23)3-11(9-24)18(26)25-14-7-12(20)6-13(21)8-14/h3-8,19H,1-2H3,(H,25,26)/b11-3+. The smallest absolute Gasteiger partial charge is 0.387 e. The molecule has 0 saturated carbocycles. The van der Waals surface area contributed by atoms with Crippen LogP contribution in [-0.4, -0.2) is 26.7 Å². The average molecular weight is 443 g/mol. The first kappa shape index (κ1) is 22.3. The van der Waals surface area contributed by atoms with Crippen molar-refractivity contribution >= 4 is 40.9 Å². The normalized spacial score (nSPS) is 11.0. The van der Waals surface area contributed by atoms with Gasteiger partial charge in [-0.3, -0.25) is 4.79 Å². The van der Waals surface area contributed by atoms with E-state index in [1.54, 1.807) is 6.07 Å². The highest BCUT2D eigenvalue weighted by atomic mass is 35.5. The predicted octanol–water partition coefficient (Wildman–Crippen LogP) is 5.16. The van der Waals surface area contributed by atoms with Crippen molar-refractivity contribution in [2.45, 2.75) is 6.61 Å². The summed E-state index contributed by atoms with van der Waals surface area (Å²) >= 11 is 11.8. The molecule has 2 rings (SSSR count). The highest BCUT2D eigenvalue weighted by Crippen LogP contribution is 2.40. The molecule has 6 nitrogen and oxygen atoms in total. The number of methoxy groups -OCH3 is 2. The fourth-order valence-corrected chi connectivity index (χ4v) is 2.85. The number of hydrogen-bond donors (Lipinski definition) is 1. The largest absolute Gasteiger partial charge is 0.493 e. The van der Waals surface area contributed by atoms with Crippen LogP contribution in [0.2, 0.25) is 10.0 Å². The van der Waals surface area contributed by atoms with Crippen LogP contribution in [0.4, 0.5) is 14.5 Å². The molecule has 0 aliphatic heterocycles. The van der Waals surface area contributed by atoms with Crippen LogP contribution in [0.5, 0.6) is 17.2 Å². The Morgan fingerprint density at radius 2 is 1.66 bits per heavy atom. The van der Waals surface area contributed by atoms with E-state index in [0.717, 1.165) is 0 Å². The minimum absolute atomic E-state index is 0.0600. The third-order valence-corrected chi connectivity index (χ3v) is 3.92. The Morgan fingerprint density at radius 1 is 1.10 bits per heavy atom. The Labute approximate surface area is 175 Å². The number of amides is 1. The number of anilines is 1. The Bertz CT molecular complexity index is 945. The summed E-state index contributed by atoms with van der Waals surface area (Å²) in [7, 11) is 2.50. The molecule has 0 aliphatic carbocycles. The quantitative estimate of drug-likeness (QED) is 0.473. The van der Waals surface area contributed by atoms with Gasteiger partial charge in [-0.15, -0.1) is 0 Å². The molecular formula is C19H14Cl2F2N2O4. The molecule has 2 aromatic rings. The summed E-state index contributed by atoms with van der Waals surface area (Å²) in [6.07, 6.45) is 1.23. The average Bonchev–Trinajstić information content (AvgIpc) is 2.65. The topological polar surface area (TPSA) is 80.6 Å². The summed E-state index contributed by atoms with van der Waals surface area (Å²) in [5.41, 5.74) is 0.313. The summed E-state index contributed by atoms with van der Waals surface area (Å²) in [5.74, 6) is -1.15. The molecule has 0 heterocycles. The van der Waals surface area contributed by atoms with E-state index in [1.165, 1.54) is 50.6 Å². The first-order chi connectivity index (χ1) is 13.8. The van der Waals surface area contributed by atoms with Gasteiger partial charge in [0.05, 0.1) is 14.2 Å². The van der Waals surface area contributed by atoms with E-state index >= 15 is 0 Å². The summed E-state index contributed by atoms with van der Waals surface area (Å²) in [5, 5.41) is 12.5. The Balaban J connectivity index is 2.38. The second-order valence-electron chi connectivity index (χ2n) is 5.42. The van der Waals surface area contributed by atoms with Gasteiger partial charge in [0.1, 0.15) is 11.6 Å². The van der Waals surface area contributed by atoms with Gasteiger partial charge in [0.2, 0.25) is 5.75 Å². The van der Waals surface area contributed by atoms with Crippen LogP contribution < -0.4 is 19.5 Å². The summed E-state index contributed by atoms with van der Waals surface area (Å²) in [4.78, 5) is 12.4. The molecule has 152 valence electrons. The first-order valence-corrected chi connectivity index (χ1v) is 8.63. The maximum Gasteiger partial charge on any atom is 0.387 e. The van der Waals surface area contributed by atoms with E-state index in [1.807, 2.05) is 0 Å². The van der Waals surface area contributed by atoms with Gasteiger partial charge < -0.3 is 19.5 Å². The van der Waals surface area contributed by atoms with E-state index in [0.29, 0.717) is 15.7 Å². The molecule has 1 N–H and O–H groups in total. The molecule has 0 aromatic heterocycles. The van der Waals surface area contributed by atoms with Crippen molar-refractivity contribution in [2.24, 2.45) is 0 Å². The lowest BCUT2D eigenvalue weighted by molar-refractivity contribution is -0.112. The SMILES string of the molecule is COc1cc(/C=C(\C#N)C(=O)Nc2cc(Cl)cc(Cl)c2)cc(OC)c1OC(F)F. The van der Waals surface area contributed by atoms with Gasteiger partial charge in [-0.25, -0.2) is 0 Å². The zero-order valence-electron chi connectivity index (χ0n) is 15.1. The molecule has 2 aromatic carbocycles. The maximum atomic E-state index is 12.6. The molecule has 0 saturated heterocycles. The number of benzene rings is 2. The maximum absolute atomic E-state index is 12.6. The van der Waals surface area contributed by atoms with Gasteiger partial charge in [-0.2, -0.15) is 14.0 Å². The number of carbonyl (C=O) groups excluding carboxylic acids is 1. The number of nitrogens with one attached hydrogen (secondary N) is 1. The van der Waals surface area contributed by atoms with Crippen molar-refractivity contribution in [1.29, 1.82) is 5.26 Å². The molecule has 0 unspecified atom stereocenters. The molecule has 0 bridgehead atoms. The number of ether oxygens (including phenoxy) is 3. The second-order valence-corrected chi connectivity index (χ2v) is 6.29. The van der Waals surface area contributed by atoms with Crippen molar-refractivity contribution in [3.8, 4) is 23.3 Å². The van der Waals surface area contributed by atoms with Gasteiger partial charge in [-0.1, -0.05) is 23.2 Å². The Hall–Kier alpha value is -3.02. The third-order valence-electron chi connectivity index (χ3n) is 3.49. The first-order valence-electron chi connectivity index (χ1n) is 7.87. The molecule has 0 atom stereocenters. The zero-order chi connectivity index (χ0) is 21.6. The number of hydrogen-bond acceptors (Lipinski definition) is 5. The molecule has 0 radical (unpaired) electrons. The summed E-state index contributed by atoms with van der Waals surface area (Å²) < 4.78 is 39.8. The molecule has 0 aliphatic rings. The molecule has 0 fully saturated rings. The van der Waals surface area contributed by atoms with Crippen molar-refractivity contribution in [3.63, 3.8) is 0 Å². The predicted molar refractivity (Wildman–Crippen MR) is 105 cm³/mol. The summed E-state index contributed by atoms with van der Waals surface area (Å²) in [6, 6.07) is 8.82. The molecular weight excluding hydrogens is 429 g/mol. The number of nitriles is 1. The number of rotatable bonds is 7. The Kier molecular flexibility index (Phi) is 7.65. The molecule has 10 heteroatoms. The van der Waals surface area contributed by atoms with E-state index in [-0.39, 0.29) is 28.4 Å². The fraction of sp³-hybridized carbons (Fsp3) is 0.158. The molecule has 29 heavy (non-hydrogen) atoms. The van der Waals surface area contributed by atoms with Crippen molar-refractivity contribution in [1.82, 2.24) is 0 Å². The van der Waals surface area contributed by atoms with E-state index in [2.05, 4.69) is 10.1 Å². The van der Waals surface area contributed by atoms with E-state index < -0.39 is 12.5 Å². The van der Waals surface area contributed by atoms with Crippen LogP contribution in [0.15, 0.2) is 35.9 Å². The van der Waals surface area contributed by atoms with Crippen LogP contribution in [0.25, 0.3) is 6.08 Å². The van der Waals surface area contributed by atoms with E-state index in [4.69, 9.17) is 32.7 Å². The van der Waals surface area contributed by atoms with Gasteiger partial charge in [0.25, 0.3) is 5.91 Å². The van der Waals surface area contributed by atoms with Crippen LogP contribution in [0, 0.1) is 11.3 Å². The van der Waals surface area contributed by atoms with Crippen molar-refractivity contribution < 1.29 is 27.8 Å². The lowest BCUT2D eigenvalue weighted by Gasteiger charge is -2.14. The van der Waals surface area contributed by atoms with Gasteiger partial charge in [0, 0.05) is 15.7 Å². The number of alkyl halides is 2. The number of carbonyl (C=O) groups is 1. The Morgan fingerprint density at radius 3 is 2.10 bits per heavy atom.